The van der Waals surface area contributed by atoms with Gasteiger partial charge in [0.15, 0.2) is 0 Å². The lowest BCUT2D eigenvalue weighted by Gasteiger charge is -2.14. The number of hydrogen-bond donors (Lipinski definition) is 2. The summed E-state index contributed by atoms with van der Waals surface area (Å²) in [5, 5.41) is 6.40. The molecule has 0 aliphatic carbocycles. The van der Waals surface area contributed by atoms with Crippen molar-refractivity contribution in [3.05, 3.63) is 88.7 Å². The van der Waals surface area contributed by atoms with Gasteiger partial charge in [0, 0.05) is 24.6 Å². The van der Waals surface area contributed by atoms with Crippen LogP contribution in [0.4, 0.5) is 11.4 Å². The van der Waals surface area contributed by atoms with Crippen molar-refractivity contribution in [2.75, 3.05) is 10.6 Å². The zero-order valence-electron chi connectivity index (χ0n) is 16.0. The van der Waals surface area contributed by atoms with E-state index in [1.807, 2.05) is 43.3 Å². The number of nitrogens with zero attached hydrogens (tertiary/aromatic N) is 1. The second-order valence-electron chi connectivity index (χ2n) is 6.66. The number of nitrogens with one attached hydrogen (secondary N) is 2. The predicted molar refractivity (Wildman–Crippen MR) is 111 cm³/mol. The van der Waals surface area contributed by atoms with Crippen LogP contribution in [0.15, 0.2) is 60.9 Å². The highest BCUT2D eigenvalue weighted by Crippen LogP contribution is 2.22. The van der Waals surface area contributed by atoms with E-state index in [1.165, 1.54) is 11.1 Å². The zero-order valence-corrected chi connectivity index (χ0v) is 16.0. The van der Waals surface area contributed by atoms with E-state index in [9.17, 15) is 4.79 Å². The third kappa shape index (κ3) is 4.53. The molecule has 0 spiro atoms. The van der Waals surface area contributed by atoms with E-state index in [-0.39, 0.29) is 5.91 Å². The Morgan fingerprint density at radius 1 is 0.963 bits per heavy atom. The van der Waals surface area contributed by atoms with Crippen LogP contribution in [0.2, 0.25) is 0 Å². The van der Waals surface area contributed by atoms with Gasteiger partial charge in [-0.25, -0.2) is 0 Å². The van der Waals surface area contributed by atoms with Crippen LogP contribution in [0.5, 0.6) is 0 Å². The predicted octanol–water partition coefficient (Wildman–Crippen LogP) is 5.13. The van der Waals surface area contributed by atoms with Crippen LogP contribution in [-0.4, -0.2) is 10.9 Å². The van der Waals surface area contributed by atoms with E-state index in [1.54, 1.807) is 12.4 Å². The Bertz CT molecular complexity index is 950. The summed E-state index contributed by atoms with van der Waals surface area (Å²) >= 11 is 0. The van der Waals surface area contributed by atoms with E-state index in [4.69, 9.17) is 0 Å². The Hall–Kier alpha value is -3.14. The van der Waals surface area contributed by atoms with Gasteiger partial charge in [-0.2, -0.15) is 0 Å². The van der Waals surface area contributed by atoms with Gasteiger partial charge in [0.05, 0.1) is 11.3 Å². The van der Waals surface area contributed by atoms with Crippen molar-refractivity contribution in [3.8, 4) is 0 Å². The van der Waals surface area contributed by atoms with E-state index < -0.39 is 0 Å². The molecule has 0 bridgehead atoms. The molecule has 4 heteroatoms. The highest BCUT2D eigenvalue weighted by atomic mass is 16.1. The first-order valence-electron chi connectivity index (χ1n) is 9.21. The number of aromatic nitrogens is 1. The highest BCUT2D eigenvalue weighted by Gasteiger charge is 2.11. The number of benzene rings is 2. The SMILES string of the molecule is CCc1cccc(C)c1NC(=O)c1cncc(NCc2ccccc2C)c1. The molecule has 27 heavy (non-hydrogen) atoms. The molecule has 0 unspecified atom stereocenters. The molecule has 3 rings (SSSR count). The summed E-state index contributed by atoms with van der Waals surface area (Å²) < 4.78 is 0. The molecule has 1 heterocycles. The van der Waals surface area contributed by atoms with Gasteiger partial charge >= 0.3 is 0 Å². The lowest BCUT2D eigenvalue weighted by Crippen LogP contribution is -2.15. The molecule has 4 nitrogen and oxygen atoms in total. The van der Waals surface area contributed by atoms with Gasteiger partial charge in [0.1, 0.15) is 0 Å². The number of anilines is 2. The van der Waals surface area contributed by atoms with Crippen molar-refractivity contribution in [2.45, 2.75) is 33.7 Å². The first kappa shape index (κ1) is 18.6. The molecule has 0 saturated carbocycles. The summed E-state index contributed by atoms with van der Waals surface area (Å²) in [6.07, 6.45) is 4.20. The Morgan fingerprint density at radius 3 is 2.48 bits per heavy atom. The maximum Gasteiger partial charge on any atom is 0.257 e. The third-order valence-corrected chi connectivity index (χ3v) is 4.72. The van der Waals surface area contributed by atoms with Crippen molar-refractivity contribution < 1.29 is 4.79 Å². The van der Waals surface area contributed by atoms with Crippen LogP contribution >= 0.6 is 0 Å². The first-order chi connectivity index (χ1) is 13.1. The monoisotopic (exact) mass is 359 g/mol. The molecule has 0 saturated heterocycles. The number of aryl methyl sites for hydroxylation is 3. The summed E-state index contributed by atoms with van der Waals surface area (Å²) in [7, 11) is 0. The Balaban J connectivity index is 1.73. The van der Waals surface area contributed by atoms with Crippen molar-refractivity contribution in [1.82, 2.24) is 4.98 Å². The lowest BCUT2D eigenvalue weighted by atomic mass is 10.1. The molecule has 2 aromatic carbocycles. The second kappa shape index (κ2) is 8.49. The van der Waals surface area contributed by atoms with Crippen molar-refractivity contribution in [2.24, 2.45) is 0 Å². The summed E-state index contributed by atoms with van der Waals surface area (Å²) in [5.74, 6) is -0.147. The smallest absolute Gasteiger partial charge is 0.257 e. The minimum absolute atomic E-state index is 0.147. The fourth-order valence-electron chi connectivity index (χ4n) is 3.05. The summed E-state index contributed by atoms with van der Waals surface area (Å²) in [5.41, 5.74) is 6.90. The topological polar surface area (TPSA) is 54.0 Å². The van der Waals surface area contributed by atoms with Gasteiger partial charge in [-0.15, -0.1) is 0 Å². The molecule has 0 fully saturated rings. The number of carbonyl (C=O) groups is 1. The fraction of sp³-hybridized carbons (Fsp3) is 0.217. The number of rotatable bonds is 6. The summed E-state index contributed by atoms with van der Waals surface area (Å²) in [6, 6.07) is 16.1. The fourth-order valence-corrected chi connectivity index (χ4v) is 3.05. The van der Waals surface area contributed by atoms with Crippen molar-refractivity contribution in [1.29, 1.82) is 0 Å². The second-order valence-corrected chi connectivity index (χ2v) is 6.66. The largest absolute Gasteiger partial charge is 0.380 e. The minimum Gasteiger partial charge on any atom is -0.380 e. The molecule has 1 amide bonds. The van der Waals surface area contributed by atoms with Gasteiger partial charge < -0.3 is 10.6 Å². The minimum atomic E-state index is -0.147. The molecule has 2 N–H and O–H groups in total. The quantitative estimate of drug-likeness (QED) is 0.642. The first-order valence-corrected chi connectivity index (χ1v) is 9.21. The van der Waals surface area contributed by atoms with Crippen LogP contribution in [-0.2, 0) is 13.0 Å². The molecule has 138 valence electrons. The molecule has 3 aromatic rings. The van der Waals surface area contributed by atoms with Gasteiger partial charge in [0.2, 0.25) is 0 Å². The molecular formula is C23H25N3O. The summed E-state index contributed by atoms with van der Waals surface area (Å²) in [4.78, 5) is 17.0. The number of para-hydroxylation sites is 1. The number of pyridine rings is 1. The average Bonchev–Trinajstić information content (AvgIpc) is 2.69. The Kier molecular flexibility index (Phi) is 5.87. The van der Waals surface area contributed by atoms with Crippen LogP contribution < -0.4 is 10.6 Å². The molecule has 1 aromatic heterocycles. The Morgan fingerprint density at radius 2 is 1.70 bits per heavy atom. The molecular weight excluding hydrogens is 334 g/mol. The normalized spacial score (nSPS) is 10.5. The zero-order chi connectivity index (χ0) is 19.2. The van der Waals surface area contributed by atoms with Crippen molar-refractivity contribution >= 4 is 17.3 Å². The Labute approximate surface area is 160 Å². The van der Waals surface area contributed by atoms with E-state index >= 15 is 0 Å². The third-order valence-electron chi connectivity index (χ3n) is 4.72. The molecule has 0 atom stereocenters. The van der Waals surface area contributed by atoms with Gasteiger partial charge in [-0.05, 0) is 48.6 Å². The van der Waals surface area contributed by atoms with E-state index in [2.05, 4.69) is 41.6 Å². The van der Waals surface area contributed by atoms with E-state index in [0.717, 1.165) is 28.9 Å². The number of amides is 1. The molecule has 0 aliphatic rings. The maximum absolute atomic E-state index is 12.7. The molecule has 0 aliphatic heterocycles. The highest BCUT2D eigenvalue weighted by molar-refractivity contribution is 6.05. The van der Waals surface area contributed by atoms with Crippen LogP contribution in [0.25, 0.3) is 0 Å². The standard InChI is InChI=1S/C23H25N3O/c1-4-18-11-7-9-17(3)22(18)26-23(27)20-12-21(15-24-13-20)25-14-19-10-6-5-8-16(19)2/h5-13,15,25H,4,14H2,1-3H3,(H,26,27). The van der Waals surface area contributed by atoms with Crippen LogP contribution in [0.3, 0.4) is 0 Å². The lowest BCUT2D eigenvalue weighted by molar-refractivity contribution is 0.102. The molecule has 0 radical (unpaired) electrons. The van der Waals surface area contributed by atoms with Gasteiger partial charge in [-0.3, -0.25) is 9.78 Å². The average molecular weight is 359 g/mol. The number of carbonyl (C=O) groups excluding carboxylic acids is 1. The van der Waals surface area contributed by atoms with Crippen LogP contribution in [0, 0.1) is 13.8 Å². The van der Waals surface area contributed by atoms with Gasteiger partial charge in [-0.1, -0.05) is 49.4 Å². The maximum atomic E-state index is 12.7. The van der Waals surface area contributed by atoms with Crippen molar-refractivity contribution in [3.63, 3.8) is 0 Å². The van der Waals surface area contributed by atoms with Crippen LogP contribution in [0.1, 0.15) is 39.5 Å². The van der Waals surface area contributed by atoms with E-state index in [0.29, 0.717) is 12.1 Å². The van der Waals surface area contributed by atoms with Gasteiger partial charge in [0.25, 0.3) is 5.91 Å². The summed E-state index contributed by atoms with van der Waals surface area (Å²) in [6.45, 7) is 6.87. The number of hydrogen-bond acceptors (Lipinski definition) is 3.